The Bertz CT molecular complexity index is 580. The third-order valence-corrected chi connectivity index (χ3v) is 4.93. The van der Waals surface area contributed by atoms with Gasteiger partial charge in [0.05, 0.1) is 13.2 Å². The molecule has 2 aromatic heterocycles. The van der Waals surface area contributed by atoms with Crippen LogP contribution in [0.5, 0.6) is 0 Å². The largest absolute Gasteiger partial charge is 0.461 e. The molecule has 0 aromatic carbocycles. The first kappa shape index (κ1) is 14.5. The summed E-state index contributed by atoms with van der Waals surface area (Å²) >= 11 is 6.55. The van der Waals surface area contributed by atoms with Gasteiger partial charge in [0.15, 0.2) is 10.8 Å². The first-order valence-electron chi connectivity index (χ1n) is 5.71. The van der Waals surface area contributed by atoms with Gasteiger partial charge in [0.2, 0.25) is 0 Å². The summed E-state index contributed by atoms with van der Waals surface area (Å²) in [6, 6.07) is 2.06. The summed E-state index contributed by atoms with van der Waals surface area (Å²) in [6.07, 6.45) is 0. The predicted molar refractivity (Wildman–Crippen MR) is 82.2 cm³/mol. The van der Waals surface area contributed by atoms with Crippen molar-refractivity contribution in [1.82, 2.24) is 4.98 Å². The quantitative estimate of drug-likeness (QED) is 0.816. The van der Waals surface area contributed by atoms with Crippen molar-refractivity contribution >= 4 is 49.7 Å². The molecular formula is C12H13BrN2O2S2. The van der Waals surface area contributed by atoms with E-state index in [-0.39, 0.29) is 5.97 Å². The van der Waals surface area contributed by atoms with E-state index in [9.17, 15) is 4.79 Å². The molecule has 0 radical (unpaired) electrons. The fraction of sp³-hybridized carbons (Fsp3) is 0.333. The molecule has 7 heteroatoms. The van der Waals surface area contributed by atoms with Gasteiger partial charge in [0.25, 0.3) is 0 Å². The van der Waals surface area contributed by atoms with Gasteiger partial charge in [-0.05, 0) is 35.8 Å². The molecule has 0 unspecified atom stereocenters. The maximum absolute atomic E-state index is 11.6. The van der Waals surface area contributed by atoms with Crippen LogP contribution in [0, 0.1) is 6.92 Å². The van der Waals surface area contributed by atoms with Gasteiger partial charge >= 0.3 is 5.97 Å². The molecule has 0 saturated carbocycles. The maximum atomic E-state index is 11.6. The first-order chi connectivity index (χ1) is 9.10. The fourth-order valence-corrected chi connectivity index (χ4v) is 3.66. The number of aryl methyl sites for hydroxylation is 1. The lowest BCUT2D eigenvalue weighted by Gasteiger charge is -1.99. The number of aromatic nitrogens is 1. The number of thiazole rings is 1. The molecule has 0 atom stereocenters. The maximum Gasteiger partial charge on any atom is 0.358 e. The van der Waals surface area contributed by atoms with Gasteiger partial charge < -0.3 is 10.1 Å². The smallest absolute Gasteiger partial charge is 0.358 e. The Morgan fingerprint density at radius 1 is 1.58 bits per heavy atom. The molecule has 0 aliphatic carbocycles. The number of ether oxygens (including phenoxy) is 1. The molecule has 2 rings (SSSR count). The van der Waals surface area contributed by atoms with Crippen molar-refractivity contribution in [3.05, 3.63) is 31.4 Å². The molecule has 4 nitrogen and oxygen atoms in total. The summed E-state index contributed by atoms with van der Waals surface area (Å²) in [7, 11) is 0. The second-order valence-electron chi connectivity index (χ2n) is 3.73. The highest BCUT2D eigenvalue weighted by molar-refractivity contribution is 9.10. The minimum absolute atomic E-state index is 0.358. The van der Waals surface area contributed by atoms with Crippen molar-refractivity contribution in [3.8, 4) is 0 Å². The van der Waals surface area contributed by atoms with Crippen LogP contribution in [0.4, 0.5) is 5.13 Å². The van der Waals surface area contributed by atoms with Crippen LogP contribution in [0.3, 0.4) is 0 Å². The number of esters is 1. The fourth-order valence-electron chi connectivity index (χ4n) is 1.47. The number of carbonyl (C=O) groups is 1. The van der Waals surface area contributed by atoms with E-state index in [4.69, 9.17) is 4.74 Å². The zero-order chi connectivity index (χ0) is 13.8. The molecule has 0 bridgehead atoms. The van der Waals surface area contributed by atoms with Gasteiger partial charge in [0, 0.05) is 19.6 Å². The van der Waals surface area contributed by atoms with E-state index in [0.717, 1.165) is 14.5 Å². The number of anilines is 1. The van der Waals surface area contributed by atoms with Crippen molar-refractivity contribution in [2.75, 3.05) is 11.9 Å². The van der Waals surface area contributed by atoms with Gasteiger partial charge in [-0.3, -0.25) is 0 Å². The average molecular weight is 361 g/mol. The first-order valence-corrected chi connectivity index (χ1v) is 8.20. The molecule has 102 valence electrons. The minimum atomic E-state index is -0.358. The second-order valence-corrected chi connectivity index (χ2v) is 6.84. The third kappa shape index (κ3) is 3.77. The van der Waals surface area contributed by atoms with Gasteiger partial charge in [-0.2, -0.15) is 0 Å². The van der Waals surface area contributed by atoms with Crippen LogP contribution in [0.25, 0.3) is 0 Å². The summed E-state index contributed by atoms with van der Waals surface area (Å²) in [5.74, 6) is -0.358. The van der Waals surface area contributed by atoms with Crippen LogP contribution in [0.2, 0.25) is 0 Å². The summed E-state index contributed by atoms with van der Waals surface area (Å²) in [5, 5.41) is 6.00. The van der Waals surface area contributed by atoms with Crippen LogP contribution >= 0.6 is 38.6 Å². The SMILES string of the molecule is CCOC(=O)c1nc(NCc2cc(Br)cs2)sc1C. The Kier molecular flexibility index (Phi) is 4.95. The van der Waals surface area contributed by atoms with Crippen LogP contribution in [-0.4, -0.2) is 17.6 Å². The monoisotopic (exact) mass is 360 g/mol. The summed E-state index contributed by atoms with van der Waals surface area (Å²) in [6.45, 7) is 4.72. The Morgan fingerprint density at radius 2 is 2.37 bits per heavy atom. The Hall–Kier alpha value is -0.920. The lowest BCUT2D eigenvalue weighted by Crippen LogP contribution is -2.07. The summed E-state index contributed by atoms with van der Waals surface area (Å²) in [4.78, 5) is 18.0. The lowest BCUT2D eigenvalue weighted by molar-refractivity contribution is 0.0519. The average Bonchev–Trinajstić information content (AvgIpc) is 2.93. The number of thiophene rings is 1. The molecule has 19 heavy (non-hydrogen) atoms. The molecule has 0 amide bonds. The molecule has 0 spiro atoms. The molecule has 0 aliphatic heterocycles. The highest BCUT2D eigenvalue weighted by Crippen LogP contribution is 2.25. The van der Waals surface area contributed by atoms with E-state index in [1.807, 2.05) is 12.3 Å². The molecule has 0 fully saturated rings. The molecule has 0 saturated heterocycles. The number of hydrogen-bond donors (Lipinski definition) is 1. The van der Waals surface area contributed by atoms with Crippen LogP contribution < -0.4 is 5.32 Å². The number of hydrogen-bond acceptors (Lipinski definition) is 6. The Balaban J connectivity index is 2.01. The third-order valence-electron chi connectivity index (χ3n) is 2.30. The summed E-state index contributed by atoms with van der Waals surface area (Å²) in [5.41, 5.74) is 0.404. The van der Waals surface area contributed by atoms with E-state index in [0.29, 0.717) is 18.8 Å². The number of carbonyl (C=O) groups excluding carboxylic acids is 1. The number of halogens is 1. The topological polar surface area (TPSA) is 51.2 Å². The standard InChI is InChI=1S/C12H13BrN2O2S2/c1-3-17-11(16)10-7(2)19-12(15-10)14-5-9-4-8(13)6-18-9/h4,6H,3,5H2,1-2H3,(H,14,15). The molecule has 0 aliphatic rings. The predicted octanol–water partition coefficient (Wildman–Crippen LogP) is 4.06. The van der Waals surface area contributed by atoms with Crippen molar-refractivity contribution in [2.45, 2.75) is 20.4 Å². The van der Waals surface area contributed by atoms with Crippen molar-refractivity contribution < 1.29 is 9.53 Å². The highest BCUT2D eigenvalue weighted by Gasteiger charge is 2.16. The number of nitrogens with one attached hydrogen (secondary N) is 1. The summed E-state index contributed by atoms with van der Waals surface area (Å²) < 4.78 is 6.04. The molecule has 2 heterocycles. The van der Waals surface area contributed by atoms with E-state index >= 15 is 0 Å². The minimum Gasteiger partial charge on any atom is -0.461 e. The van der Waals surface area contributed by atoms with E-state index in [2.05, 4.69) is 32.3 Å². The van der Waals surface area contributed by atoms with Crippen molar-refractivity contribution in [2.24, 2.45) is 0 Å². The van der Waals surface area contributed by atoms with Crippen LogP contribution in [-0.2, 0) is 11.3 Å². The molecule has 1 N–H and O–H groups in total. The number of rotatable bonds is 5. The Labute approximate surface area is 128 Å². The van der Waals surface area contributed by atoms with Crippen LogP contribution in [0.15, 0.2) is 15.9 Å². The molecular weight excluding hydrogens is 348 g/mol. The van der Waals surface area contributed by atoms with Crippen LogP contribution in [0.1, 0.15) is 27.2 Å². The Morgan fingerprint density at radius 3 is 3.00 bits per heavy atom. The second kappa shape index (κ2) is 6.49. The van der Waals surface area contributed by atoms with Gasteiger partial charge in [-0.15, -0.1) is 22.7 Å². The number of nitrogens with zero attached hydrogens (tertiary/aromatic N) is 1. The highest BCUT2D eigenvalue weighted by atomic mass is 79.9. The lowest BCUT2D eigenvalue weighted by atomic mass is 10.4. The van der Waals surface area contributed by atoms with E-state index < -0.39 is 0 Å². The van der Waals surface area contributed by atoms with Gasteiger partial charge in [0.1, 0.15) is 0 Å². The van der Waals surface area contributed by atoms with E-state index in [1.165, 1.54) is 16.2 Å². The normalized spacial score (nSPS) is 10.5. The van der Waals surface area contributed by atoms with E-state index in [1.54, 1.807) is 18.3 Å². The zero-order valence-electron chi connectivity index (χ0n) is 10.5. The van der Waals surface area contributed by atoms with Crippen molar-refractivity contribution in [1.29, 1.82) is 0 Å². The van der Waals surface area contributed by atoms with Gasteiger partial charge in [-0.1, -0.05) is 0 Å². The molecule has 2 aromatic rings. The van der Waals surface area contributed by atoms with Gasteiger partial charge in [-0.25, -0.2) is 9.78 Å². The zero-order valence-corrected chi connectivity index (χ0v) is 13.7. The van der Waals surface area contributed by atoms with Crippen molar-refractivity contribution in [3.63, 3.8) is 0 Å².